The highest BCUT2D eigenvalue weighted by atomic mass is 32.2. The van der Waals surface area contributed by atoms with Crippen molar-refractivity contribution in [1.82, 2.24) is 30.4 Å². The maximum absolute atomic E-state index is 13.1. The van der Waals surface area contributed by atoms with Crippen molar-refractivity contribution in [3.05, 3.63) is 35.8 Å². The Morgan fingerprint density at radius 3 is 2.52 bits per heavy atom. The molecule has 1 aliphatic rings. The van der Waals surface area contributed by atoms with Crippen molar-refractivity contribution in [3.8, 4) is 17.2 Å². The number of anilines is 3. The van der Waals surface area contributed by atoms with Gasteiger partial charge in [0.15, 0.2) is 23.1 Å². The predicted octanol–water partition coefficient (Wildman–Crippen LogP) is -1.52. The molecule has 14 nitrogen and oxygen atoms in total. The van der Waals surface area contributed by atoms with Gasteiger partial charge in [-0.2, -0.15) is 4.98 Å². The van der Waals surface area contributed by atoms with Gasteiger partial charge in [0.2, 0.25) is 15.9 Å². The summed E-state index contributed by atoms with van der Waals surface area (Å²) < 4.78 is 36.7. The van der Waals surface area contributed by atoms with Gasteiger partial charge in [-0.3, -0.25) is 9.59 Å². The topological polar surface area (TPSA) is 190 Å². The fourth-order valence-electron chi connectivity index (χ4n) is 3.75. The van der Waals surface area contributed by atoms with Crippen LogP contribution >= 0.6 is 0 Å². The molecule has 40 heavy (non-hydrogen) atoms. The van der Waals surface area contributed by atoms with E-state index in [0.29, 0.717) is 17.0 Å². The largest absolute Gasteiger partial charge is 0.494 e. The summed E-state index contributed by atoms with van der Waals surface area (Å²) in [6.45, 7) is 1.59. The minimum absolute atomic E-state index is 0.00699. The second-order valence-electron chi connectivity index (χ2n) is 10.5. The molecule has 0 spiro atoms. The van der Waals surface area contributed by atoms with E-state index < -0.39 is 27.2 Å². The number of sulfonamides is 1. The third-order valence-electron chi connectivity index (χ3n) is 5.64. The lowest BCUT2D eigenvalue weighted by molar-refractivity contribution is -0.117. The van der Waals surface area contributed by atoms with Crippen LogP contribution in [0.1, 0.15) is 42.1 Å². The van der Waals surface area contributed by atoms with Crippen LogP contribution in [0.4, 0.5) is 17.2 Å². The molecule has 0 bridgehead atoms. The van der Waals surface area contributed by atoms with Crippen molar-refractivity contribution in [2.75, 3.05) is 24.0 Å². The quantitative estimate of drug-likeness (QED) is 0.197. The number of carbonyl (C=O) groups excluding carboxylic acids is 2. The zero-order chi connectivity index (χ0) is 29.2. The van der Waals surface area contributed by atoms with Crippen molar-refractivity contribution < 1.29 is 27.3 Å². The summed E-state index contributed by atoms with van der Waals surface area (Å²) in [7, 11) is 3.48. The Morgan fingerprint density at radius 2 is 1.90 bits per heavy atom. The van der Waals surface area contributed by atoms with Crippen LogP contribution < -0.4 is 25.4 Å². The molecule has 0 radical (unpaired) electrons. The van der Waals surface area contributed by atoms with Gasteiger partial charge in [-0.05, 0) is 37.1 Å². The Bertz CT molecular complexity index is 1540. The first-order chi connectivity index (χ1) is 18.7. The Morgan fingerprint density at radius 1 is 1.18 bits per heavy atom. The molecule has 2 aromatic heterocycles. The number of nitrogens with zero attached hydrogens (tertiary/aromatic N) is 4. The summed E-state index contributed by atoms with van der Waals surface area (Å²) in [5, 5.41) is 20.3. The van der Waals surface area contributed by atoms with Gasteiger partial charge >= 0.3 is 0 Å². The van der Waals surface area contributed by atoms with E-state index in [1.54, 1.807) is 25.1 Å². The minimum atomic E-state index is -3.49. The lowest BCUT2D eigenvalue weighted by atomic mass is 9.49. The number of aromatic nitrogens is 4. The number of rotatable bonds is 11. The molecule has 4 N–H and O–H groups in total. The highest BCUT2D eigenvalue weighted by molar-refractivity contribution is 7.88. The normalized spacial score (nSPS) is 14.3. The summed E-state index contributed by atoms with van der Waals surface area (Å²) in [4.78, 5) is 29.7. The number of para-hydroxylation sites is 1. The summed E-state index contributed by atoms with van der Waals surface area (Å²) in [6, 6.07) is 5.91. The number of carbonyl (C=O) groups is 2. The van der Waals surface area contributed by atoms with Crippen LogP contribution in [0.5, 0.6) is 5.75 Å². The number of ether oxygens (including phenoxy) is 1. The summed E-state index contributed by atoms with van der Waals surface area (Å²) >= 11 is 0. The van der Waals surface area contributed by atoms with Gasteiger partial charge in [0.1, 0.15) is 23.5 Å². The van der Waals surface area contributed by atoms with Crippen molar-refractivity contribution in [3.63, 3.8) is 0 Å². The van der Waals surface area contributed by atoms with Crippen LogP contribution in [0.2, 0.25) is 0 Å². The Hall–Kier alpha value is -3.92. The fourth-order valence-corrected chi connectivity index (χ4v) is 4.50. The average Bonchev–Trinajstić information content (AvgIpc) is 3.58. The molecule has 1 fully saturated rings. The van der Waals surface area contributed by atoms with E-state index in [1.165, 1.54) is 13.2 Å². The van der Waals surface area contributed by atoms with E-state index >= 15 is 0 Å². The first-order valence-corrected chi connectivity index (χ1v) is 14.4. The van der Waals surface area contributed by atoms with Crippen LogP contribution in [-0.4, -0.2) is 82.7 Å². The van der Waals surface area contributed by atoms with E-state index in [-0.39, 0.29) is 40.7 Å². The number of methoxy groups -OCH3 is 1. The second-order valence-corrected chi connectivity index (χ2v) is 12.3. The molecular formula is C22H29B3N8O6S. The lowest BCUT2D eigenvalue weighted by Gasteiger charge is -2.21. The van der Waals surface area contributed by atoms with Gasteiger partial charge in [0.05, 0.1) is 36.3 Å². The molecule has 1 saturated carbocycles. The number of hydrogen-bond acceptors (Lipinski definition) is 11. The van der Waals surface area contributed by atoms with E-state index in [9.17, 15) is 18.0 Å². The first kappa shape index (κ1) is 29.1. The highest BCUT2D eigenvalue weighted by Gasteiger charge is 2.30. The first-order valence-electron chi connectivity index (χ1n) is 12.5. The SMILES string of the molecule is BC(B)(B)NC(=O)c1nnc(NC(=O)C2CC2)cc1Nc1cccc(-c2nc([C@H](C)NS(C)(=O)=O)no2)c1OC. The second kappa shape index (κ2) is 11.3. The van der Waals surface area contributed by atoms with Gasteiger partial charge in [0.25, 0.3) is 11.8 Å². The van der Waals surface area contributed by atoms with Crippen molar-refractivity contribution in [1.29, 1.82) is 0 Å². The number of nitrogens with one attached hydrogen (secondary N) is 4. The lowest BCUT2D eigenvalue weighted by Crippen LogP contribution is -2.50. The molecule has 1 aliphatic carbocycles. The zero-order valence-electron chi connectivity index (χ0n) is 23.0. The van der Waals surface area contributed by atoms with Crippen LogP contribution in [0, 0.1) is 5.92 Å². The molecule has 208 valence electrons. The summed E-state index contributed by atoms with van der Waals surface area (Å²) in [6.07, 6.45) is 2.68. The van der Waals surface area contributed by atoms with Crippen LogP contribution in [0.25, 0.3) is 11.5 Å². The maximum atomic E-state index is 13.1. The van der Waals surface area contributed by atoms with Crippen LogP contribution in [0.3, 0.4) is 0 Å². The van der Waals surface area contributed by atoms with Gasteiger partial charge in [-0.25, -0.2) is 13.1 Å². The average molecular weight is 566 g/mol. The molecule has 0 aliphatic heterocycles. The molecule has 2 amide bonds. The monoisotopic (exact) mass is 566 g/mol. The number of benzene rings is 1. The van der Waals surface area contributed by atoms with Crippen LogP contribution in [0.15, 0.2) is 28.8 Å². The van der Waals surface area contributed by atoms with E-state index in [1.807, 2.05) is 23.5 Å². The van der Waals surface area contributed by atoms with E-state index in [2.05, 4.69) is 41.0 Å². The molecule has 4 rings (SSSR count). The molecule has 0 unspecified atom stereocenters. The predicted molar refractivity (Wildman–Crippen MR) is 155 cm³/mol. The number of hydrogen-bond donors (Lipinski definition) is 4. The van der Waals surface area contributed by atoms with E-state index in [0.717, 1.165) is 19.1 Å². The Labute approximate surface area is 234 Å². The van der Waals surface area contributed by atoms with Crippen molar-refractivity contribution >= 4 is 62.6 Å². The molecule has 1 aromatic carbocycles. The fraction of sp³-hybridized carbons (Fsp3) is 0.364. The zero-order valence-corrected chi connectivity index (χ0v) is 23.8. The Kier molecular flexibility index (Phi) is 8.21. The third-order valence-corrected chi connectivity index (χ3v) is 6.42. The van der Waals surface area contributed by atoms with Gasteiger partial charge in [-0.15, -0.1) is 10.2 Å². The standard InChI is InChI=1S/C22H29B3N8O6S/c1-10(33-40(3,36)37)18-28-21(39-32-18)12-5-4-6-13(17(12)38-2)26-14-9-15(27-19(34)11-7-8-11)30-31-16(14)20(35)29-22(23,24)25/h4-6,9-11,33H,7-8,23-25H2,1-3H3,(H,29,35)(H2,26,27,30,34)/t10-/m0/s1. The molecule has 1 atom stereocenters. The van der Waals surface area contributed by atoms with E-state index in [4.69, 9.17) is 9.26 Å². The molecule has 0 saturated heterocycles. The van der Waals surface area contributed by atoms with Gasteiger partial charge in [0, 0.05) is 12.0 Å². The van der Waals surface area contributed by atoms with Crippen molar-refractivity contribution in [2.24, 2.45) is 5.92 Å². The smallest absolute Gasteiger partial charge is 0.272 e. The highest BCUT2D eigenvalue weighted by Crippen LogP contribution is 2.38. The van der Waals surface area contributed by atoms with Crippen LogP contribution in [-0.2, 0) is 14.8 Å². The molecule has 3 aromatic rings. The minimum Gasteiger partial charge on any atom is -0.494 e. The summed E-state index contributed by atoms with van der Waals surface area (Å²) in [5.74, 6) is 0.0586. The molecule has 18 heteroatoms. The van der Waals surface area contributed by atoms with Crippen molar-refractivity contribution in [2.45, 2.75) is 31.0 Å². The molecule has 2 heterocycles. The third kappa shape index (κ3) is 7.38. The maximum Gasteiger partial charge on any atom is 0.272 e. The summed E-state index contributed by atoms with van der Waals surface area (Å²) in [5.41, 5.74) is 1.13. The van der Waals surface area contributed by atoms with Gasteiger partial charge < -0.3 is 25.2 Å². The van der Waals surface area contributed by atoms with Gasteiger partial charge in [-0.1, -0.05) is 11.2 Å². The molecular weight excluding hydrogens is 537 g/mol. The number of amides is 2. The Balaban J connectivity index is 1.69.